The van der Waals surface area contributed by atoms with Gasteiger partial charge < -0.3 is 14.6 Å². The van der Waals surface area contributed by atoms with Crippen molar-refractivity contribution in [1.82, 2.24) is 0 Å². The average Bonchev–Trinajstić information content (AvgIpc) is 3.15. The lowest BCUT2D eigenvalue weighted by atomic mass is 9.72. The van der Waals surface area contributed by atoms with E-state index in [1.807, 2.05) is 30.3 Å². The molecular formula is C24H31IO4. The number of carbonyl (C=O) groups excluding carboxylic acids is 1. The summed E-state index contributed by atoms with van der Waals surface area (Å²) >= 11 is 2.51. The number of hydrogen-bond acceptors (Lipinski definition) is 4. The van der Waals surface area contributed by atoms with Gasteiger partial charge in [-0.25, -0.2) is 4.79 Å². The zero-order chi connectivity index (χ0) is 20.8. The standard InChI is InChI=1S/C24H31IO4/c1-15(2)13-24-14-19(26)23(3,29-24)17-10-11-18(25)21(17)22(24)28-20(27)12-9-16-7-5-4-6-8-16/h4-9,12,15,17-19,21-22,26H,10-11,13-14H2,1-3H3/b12-9+. The Morgan fingerprint density at radius 3 is 2.76 bits per heavy atom. The van der Waals surface area contributed by atoms with Crippen LogP contribution in [0.1, 0.15) is 52.0 Å². The minimum Gasteiger partial charge on any atom is -0.456 e. The van der Waals surface area contributed by atoms with Crippen molar-refractivity contribution in [3.8, 4) is 0 Å². The Morgan fingerprint density at radius 1 is 1.34 bits per heavy atom. The molecule has 7 atom stereocenters. The van der Waals surface area contributed by atoms with Crippen molar-refractivity contribution in [3.05, 3.63) is 42.0 Å². The summed E-state index contributed by atoms with van der Waals surface area (Å²) < 4.78 is 13.3. The fourth-order valence-corrected chi connectivity index (χ4v) is 7.22. The molecule has 1 saturated carbocycles. The Morgan fingerprint density at radius 2 is 2.07 bits per heavy atom. The highest BCUT2D eigenvalue weighted by atomic mass is 127. The van der Waals surface area contributed by atoms with Crippen LogP contribution in [0.2, 0.25) is 0 Å². The lowest BCUT2D eigenvalue weighted by Crippen LogP contribution is -2.61. The Balaban J connectivity index is 1.63. The summed E-state index contributed by atoms with van der Waals surface area (Å²) in [6, 6.07) is 9.76. The van der Waals surface area contributed by atoms with Crippen molar-refractivity contribution in [2.24, 2.45) is 17.8 Å². The molecule has 1 aromatic carbocycles. The van der Waals surface area contributed by atoms with Gasteiger partial charge in [-0.05, 0) is 49.7 Å². The monoisotopic (exact) mass is 510 g/mol. The number of halogens is 1. The first-order valence-electron chi connectivity index (χ1n) is 10.7. The average molecular weight is 510 g/mol. The third-order valence-corrected chi connectivity index (χ3v) is 8.53. The van der Waals surface area contributed by atoms with Crippen LogP contribution in [-0.4, -0.2) is 38.4 Å². The number of rotatable bonds is 5. The van der Waals surface area contributed by atoms with Crippen LogP contribution in [0.5, 0.6) is 0 Å². The molecule has 2 heterocycles. The van der Waals surface area contributed by atoms with E-state index in [0.717, 1.165) is 24.8 Å². The number of aliphatic hydroxyl groups excluding tert-OH is 1. The number of benzene rings is 1. The van der Waals surface area contributed by atoms with Gasteiger partial charge in [0.1, 0.15) is 11.7 Å². The highest BCUT2D eigenvalue weighted by molar-refractivity contribution is 14.1. The van der Waals surface area contributed by atoms with E-state index in [2.05, 4.69) is 43.4 Å². The summed E-state index contributed by atoms with van der Waals surface area (Å²) in [6.45, 7) is 6.40. The van der Waals surface area contributed by atoms with E-state index < -0.39 is 17.3 Å². The Bertz CT molecular complexity index is 778. The molecule has 1 aliphatic carbocycles. The molecule has 0 amide bonds. The summed E-state index contributed by atoms with van der Waals surface area (Å²) in [5, 5.41) is 11.0. The lowest BCUT2D eigenvalue weighted by molar-refractivity contribution is -0.250. The number of aliphatic hydroxyl groups is 1. The molecule has 2 saturated heterocycles. The van der Waals surface area contributed by atoms with Gasteiger partial charge in [-0.1, -0.05) is 66.8 Å². The van der Waals surface area contributed by atoms with Gasteiger partial charge >= 0.3 is 5.97 Å². The molecule has 3 fully saturated rings. The second-order valence-corrected chi connectivity index (χ2v) is 11.1. The molecular weight excluding hydrogens is 479 g/mol. The van der Waals surface area contributed by atoms with Gasteiger partial charge in [-0.3, -0.25) is 0 Å². The number of fused-ring (bicyclic) bond motifs is 4. The van der Waals surface area contributed by atoms with E-state index >= 15 is 0 Å². The van der Waals surface area contributed by atoms with Crippen molar-refractivity contribution < 1.29 is 19.4 Å². The summed E-state index contributed by atoms with van der Waals surface area (Å²) in [6.07, 6.45) is 5.89. The van der Waals surface area contributed by atoms with E-state index in [9.17, 15) is 9.90 Å². The molecule has 0 aromatic heterocycles. The van der Waals surface area contributed by atoms with Crippen molar-refractivity contribution in [2.75, 3.05) is 0 Å². The fourth-order valence-electron chi connectivity index (χ4n) is 5.98. The zero-order valence-corrected chi connectivity index (χ0v) is 19.5. The maximum atomic E-state index is 12.8. The first-order chi connectivity index (χ1) is 13.7. The molecule has 2 bridgehead atoms. The van der Waals surface area contributed by atoms with Crippen molar-refractivity contribution in [2.45, 2.75) is 73.8 Å². The number of esters is 1. The highest BCUT2D eigenvalue weighted by Gasteiger charge is 2.70. The number of ether oxygens (including phenoxy) is 2. The van der Waals surface area contributed by atoms with Crippen LogP contribution < -0.4 is 0 Å². The Labute approximate surface area is 187 Å². The van der Waals surface area contributed by atoms with E-state index in [1.54, 1.807) is 6.08 Å². The number of alkyl halides is 1. The first kappa shape index (κ1) is 21.3. The molecule has 0 radical (unpaired) electrons. The topological polar surface area (TPSA) is 55.8 Å². The highest BCUT2D eigenvalue weighted by Crippen LogP contribution is 2.61. The summed E-state index contributed by atoms with van der Waals surface area (Å²) in [5.74, 6) is 0.499. The maximum Gasteiger partial charge on any atom is 0.331 e. The largest absolute Gasteiger partial charge is 0.456 e. The first-order valence-corrected chi connectivity index (χ1v) is 12.0. The maximum absolute atomic E-state index is 12.8. The minimum absolute atomic E-state index is 0.220. The van der Waals surface area contributed by atoms with E-state index in [4.69, 9.17) is 9.47 Å². The summed E-state index contributed by atoms with van der Waals surface area (Å²) in [4.78, 5) is 12.8. The molecule has 1 aromatic rings. The van der Waals surface area contributed by atoms with Crippen LogP contribution in [0, 0.1) is 17.8 Å². The van der Waals surface area contributed by atoms with Crippen molar-refractivity contribution in [1.29, 1.82) is 0 Å². The third-order valence-electron chi connectivity index (χ3n) is 7.07. The minimum atomic E-state index is -0.604. The van der Waals surface area contributed by atoms with Gasteiger partial charge in [0.15, 0.2) is 0 Å². The number of carbonyl (C=O) groups is 1. The Hall–Kier alpha value is -0.920. The molecule has 2 aliphatic heterocycles. The summed E-state index contributed by atoms with van der Waals surface area (Å²) in [5.41, 5.74) is -0.175. The van der Waals surface area contributed by atoms with E-state index in [0.29, 0.717) is 16.3 Å². The van der Waals surface area contributed by atoms with Crippen LogP contribution in [0.3, 0.4) is 0 Å². The van der Waals surface area contributed by atoms with Crippen molar-refractivity contribution >= 4 is 34.6 Å². The van der Waals surface area contributed by atoms with Crippen LogP contribution in [0.15, 0.2) is 36.4 Å². The van der Waals surface area contributed by atoms with Gasteiger partial charge in [0, 0.05) is 22.3 Å². The predicted octanol–water partition coefficient (Wildman–Crippen LogP) is 4.78. The molecule has 3 aliphatic rings. The molecule has 7 unspecified atom stereocenters. The van der Waals surface area contributed by atoms with Gasteiger partial charge in [0.05, 0.1) is 11.7 Å². The SMILES string of the molecule is CC(C)CC12CC(O)C(C)(O1)C1CCC(I)C1C2OC(=O)/C=C/c1ccccc1. The second-order valence-electron chi connectivity index (χ2n) is 9.55. The quantitative estimate of drug-likeness (QED) is 0.268. The normalized spacial score (nSPS) is 41.1. The third kappa shape index (κ3) is 3.79. The number of hydrogen-bond donors (Lipinski definition) is 1. The van der Waals surface area contributed by atoms with Crippen LogP contribution >= 0.6 is 22.6 Å². The molecule has 4 nitrogen and oxygen atoms in total. The van der Waals surface area contributed by atoms with Crippen molar-refractivity contribution in [3.63, 3.8) is 0 Å². The van der Waals surface area contributed by atoms with Crippen LogP contribution in [0.4, 0.5) is 0 Å². The molecule has 1 N–H and O–H groups in total. The zero-order valence-electron chi connectivity index (χ0n) is 17.4. The Kier molecular flexibility index (Phi) is 5.86. The second kappa shape index (κ2) is 7.97. The molecule has 29 heavy (non-hydrogen) atoms. The van der Waals surface area contributed by atoms with E-state index in [-0.39, 0.29) is 23.9 Å². The predicted molar refractivity (Wildman–Crippen MR) is 122 cm³/mol. The molecule has 0 spiro atoms. The van der Waals surface area contributed by atoms with Gasteiger partial charge in [0.2, 0.25) is 0 Å². The molecule has 158 valence electrons. The van der Waals surface area contributed by atoms with Gasteiger partial charge in [-0.2, -0.15) is 0 Å². The molecule has 5 heteroatoms. The molecule has 4 rings (SSSR count). The van der Waals surface area contributed by atoms with Crippen LogP contribution in [0.25, 0.3) is 6.08 Å². The van der Waals surface area contributed by atoms with Gasteiger partial charge in [0.25, 0.3) is 0 Å². The fraction of sp³-hybridized carbons (Fsp3) is 0.625. The smallest absolute Gasteiger partial charge is 0.331 e. The van der Waals surface area contributed by atoms with Gasteiger partial charge in [-0.15, -0.1) is 0 Å². The van der Waals surface area contributed by atoms with E-state index in [1.165, 1.54) is 6.08 Å². The lowest BCUT2D eigenvalue weighted by Gasteiger charge is -2.51. The summed E-state index contributed by atoms with van der Waals surface area (Å²) in [7, 11) is 0. The van der Waals surface area contributed by atoms with Crippen LogP contribution in [-0.2, 0) is 14.3 Å².